The second-order valence-electron chi connectivity index (χ2n) is 5.29. The number of allylic oxidation sites excluding steroid dienone is 2. The molecular weight excluding hydrogens is 302 g/mol. The van der Waals surface area contributed by atoms with E-state index in [1.165, 1.54) is 18.5 Å². The van der Waals surface area contributed by atoms with E-state index >= 15 is 0 Å². The van der Waals surface area contributed by atoms with Crippen molar-refractivity contribution in [2.75, 3.05) is 0 Å². The molecule has 0 aliphatic heterocycles. The van der Waals surface area contributed by atoms with Gasteiger partial charge in [-0.2, -0.15) is 0 Å². The van der Waals surface area contributed by atoms with Gasteiger partial charge in [0, 0.05) is 30.8 Å². The number of rotatable bonds is 4. The standard InChI is InChI=1S/C17H14F2N2O2/c18-17(19)7-5-13(6-8-17)15-16(21-10-9-20-15)23-14-3-1-12(11-22)2-4-14/h1-5,9-11H,6-8H2. The topological polar surface area (TPSA) is 52.1 Å². The van der Waals surface area contributed by atoms with Gasteiger partial charge in [0.15, 0.2) is 0 Å². The first-order chi connectivity index (χ1) is 11.1. The molecule has 0 fully saturated rings. The van der Waals surface area contributed by atoms with E-state index in [-0.39, 0.29) is 25.1 Å². The van der Waals surface area contributed by atoms with Gasteiger partial charge in [-0.25, -0.2) is 18.7 Å². The number of halogens is 2. The fourth-order valence-electron chi connectivity index (χ4n) is 2.36. The van der Waals surface area contributed by atoms with Gasteiger partial charge in [-0.05, 0) is 36.3 Å². The molecular formula is C17H14F2N2O2. The SMILES string of the molecule is O=Cc1ccc(Oc2nccnc2C2=CCC(F)(F)CC2)cc1. The van der Waals surface area contributed by atoms with Gasteiger partial charge in [-0.1, -0.05) is 6.08 Å². The van der Waals surface area contributed by atoms with E-state index in [1.54, 1.807) is 24.3 Å². The first kappa shape index (κ1) is 15.3. The number of nitrogens with zero attached hydrogens (tertiary/aromatic N) is 2. The molecule has 1 aromatic carbocycles. The number of ether oxygens (including phenoxy) is 1. The molecule has 0 saturated heterocycles. The van der Waals surface area contributed by atoms with Gasteiger partial charge in [0.05, 0.1) is 0 Å². The van der Waals surface area contributed by atoms with Crippen molar-refractivity contribution in [3.63, 3.8) is 0 Å². The third-order valence-corrected chi connectivity index (χ3v) is 3.61. The van der Waals surface area contributed by atoms with Crippen molar-refractivity contribution in [3.8, 4) is 11.6 Å². The Morgan fingerprint density at radius 1 is 1.13 bits per heavy atom. The third-order valence-electron chi connectivity index (χ3n) is 3.61. The Morgan fingerprint density at radius 3 is 2.52 bits per heavy atom. The molecule has 2 aromatic rings. The highest BCUT2D eigenvalue weighted by Gasteiger charge is 2.32. The minimum Gasteiger partial charge on any atom is -0.437 e. The smallest absolute Gasteiger partial charge is 0.251 e. The molecule has 0 saturated carbocycles. The second kappa shape index (κ2) is 6.24. The summed E-state index contributed by atoms with van der Waals surface area (Å²) in [6.07, 6.45) is 4.95. The van der Waals surface area contributed by atoms with Crippen LogP contribution in [0.15, 0.2) is 42.7 Å². The molecule has 0 N–H and O–H groups in total. The highest BCUT2D eigenvalue weighted by Crippen LogP contribution is 2.38. The molecule has 118 valence electrons. The average Bonchev–Trinajstić information content (AvgIpc) is 2.56. The highest BCUT2D eigenvalue weighted by atomic mass is 19.3. The van der Waals surface area contributed by atoms with Crippen molar-refractivity contribution in [2.45, 2.75) is 25.2 Å². The van der Waals surface area contributed by atoms with E-state index in [0.29, 0.717) is 22.6 Å². The fraction of sp³-hybridized carbons (Fsp3) is 0.235. The lowest BCUT2D eigenvalue weighted by Crippen LogP contribution is -2.18. The first-order valence-electron chi connectivity index (χ1n) is 7.19. The quantitative estimate of drug-likeness (QED) is 0.790. The summed E-state index contributed by atoms with van der Waals surface area (Å²) >= 11 is 0. The Kier molecular flexibility index (Phi) is 4.14. The molecule has 0 bridgehead atoms. The lowest BCUT2D eigenvalue weighted by molar-refractivity contribution is -0.00608. The minimum atomic E-state index is -2.66. The molecule has 3 rings (SSSR count). The zero-order valence-electron chi connectivity index (χ0n) is 12.2. The van der Waals surface area contributed by atoms with Crippen LogP contribution in [-0.2, 0) is 0 Å². The molecule has 1 aliphatic rings. The molecule has 0 atom stereocenters. The van der Waals surface area contributed by atoms with E-state index in [9.17, 15) is 13.6 Å². The average molecular weight is 316 g/mol. The van der Waals surface area contributed by atoms with Crippen LogP contribution < -0.4 is 4.74 Å². The van der Waals surface area contributed by atoms with Crippen molar-refractivity contribution < 1.29 is 18.3 Å². The summed E-state index contributed by atoms with van der Waals surface area (Å²) in [5.74, 6) is -1.89. The van der Waals surface area contributed by atoms with Crippen LogP contribution in [0.3, 0.4) is 0 Å². The third kappa shape index (κ3) is 3.59. The fourth-order valence-corrected chi connectivity index (χ4v) is 2.36. The molecule has 0 unspecified atom stereocenters. The van der Waals surface area contributed by atoms with Gasteiger partial charge in [-0.15, -0.1) is 0 Å². The summed E-state index contributed by atoms with van der Waals surface area (Å²) in [5.41, 5.74) is 1.72. The number of carbonyl (C=O) groups excluding carboxylic acids is 1. The van der Waals surface area contributed by atoms with Gasteiger partial charge in [0.25, 0.3) is 5.92 Å². The molecule has 1 aliphatic carbocycles. The summed E-state index contributed by atoms with van der Waals surface area (Å²) < 4.78 is 32.2. The number of hydrogen-bond acceptors (Lipinski definition) is 4. The van der Waals surface area contributed by atoms with Gasteiger partial charge in [0.1, 0.15) is 17.7 Å². The summed E-state index contributed by atoms with van der Waals surface area (Å²) in [7, 11) is 0. The maximum absolute atomic E-state index is 13.3. The molecule has 0 radical (unpaired) electrons. The molecule has 4 nitrogen and oxygen atoms in total. The number of benzene rings is 1. The molecule has 6 heteroatoms. The van der Waals surface area contributed by atoms with Crippen molar-refractivity contribution in [2.24, 2.45) is 0 Å². The Balaban J connectivity index is 1.86. The van der Waals surface area contributed by atoms with Crippen LogP contribution in [0.1, 0.15) is 35.3 Å². The molecule has 0 amide bonds. The maximum atomic E-state index is 13.3. The zero-order valence-corrected chi connectivity index (χ0v) is 12.2. The highest BCUT2D eigenvalue weighted by molar-refractivity contribution is 5.75. The van der Waals surface area contributed by atoms with Gasteiger partial charge < -0.3 is 4.74 Å². The molecule has 1 aromatic heterocycles. The van der Waals surface area contributed by atoms with Crippen LogP contribution >= 0.6 is 0 Å². The zero-order chi connectivity index (χ0) is 16.3. The lowest BCUT2D eigenvalue weighted by atomic mass is 9.94. The van der Waals surface area contributed by atoms with Crippen LogP contribution in [0, 0.1) is 0 Å². The van der Waals surface area contributed by atoms with Crippen molar-refractivity contribution >= 4 is 11.9 Å². The van der Waals surface area contributed by atoms with Crippen LogP contribution in [-0.4, -0.2) is 22.2 Å². The Bertz CT molecular complexity index is 743. The predicted molar refractivity (Wildman–Crippen MR) is 80.7 cm³/mol. The van der Waals surface area contributed by atoms with Crippen molar-refractivity contribution in [3.05, 3.63) is 54.0 Å². The van der Waals surface area contributed by atoms with Gasteiger partial charge in [-0.3, -0.25) is 4.79 Å². The molecule has 0 spiro atoms. The van der Waals surface area contributed by atoms with Crippen LogP contribution in [0.5, 0.6) is 11.6 Å². The van der Waals surface area contributed by atoms with E-state index in [1.807, 2.05) is 0 Å². The largest absolute Gasteiger partial charge is 0.437 e. The lowest BCUT2D eigenvalue weighted by Gasteiger charge is -2.21. The Morgan fingerprint density at radius 2 is 1.87 bits per heavy atom. The van der Waals surface area contributed by atoms with E-state index in [4.69, 9.17) is 4.74 Å². The van der Waals surface area contributed by atoms with Crippen molar-refractivity contribution in [1.29, 1.82) is 0 Å². The number of aldehydes is 1. The van der Waals surface area contributed by atoms with Gasteiger partial charge >= 0.3 is 0 Å². The van der Waals surface area contributed by atoms with E-state index < -0.39 is 5.92 Å². The monoisotopic (exact) mass is 316 g/mol. The Labute approximate surface area is 131 Å². The molecule has 23 heavy (non-hydrogen) atoms. The predicted octanol–water partition coefficient (Wildman–Crippen LogP) is 4.28. The summed E-state index contributed by atoms with van der Waals surface area (Å²) in [6, 6.07) is 6.54. The number of hydrogen-bond donors (Lipinski definition) is 0. The summed E-state index contributed by atoms with van der Waals surface area (Å²) in [5, 5.41) is 0. The normalized spacial score (nSPS) is 16.5. The van der Waals surface area contributed by atoms with Crippen LogP contribution in [0.25, 0.3) is 5.57 Å². The van der Waals surface area contributed by atoms with E-state index in [2.05, 4.69) is 9.97 Å². The summed E-state index contributed by atoms with van der Waals surface area (Å²) in [6.45, 7) is 0. The Hall–Kier alpha value is -2.63. The number of alkyl halides is 2. The minimum absolute atomic E-state index is 0.205. The second-order valence-corrected chi connectivity index (χ2v) is 5.29. The van der Waals surface area contributed by atoms with Crippen LogP contribution in [0.4, 0.5) is 8.78 Å². The maximum Gasteiger partial charge on any atom is 0.251 e. The number of carbonyl (C=O) groups is 1. The van der Waals surface area contributed by atoms with Crippen molar-refractivity contribution in [1.82, 2.24) is 9.97 Å². The number of aromatic nitrogens is 2. The van der Waals surface area contributed by atoms with Crippen LogP contribution in [0.2, 0.25) is 0 Å². The summed E-state index contributed by atoms with van der Waals surface area (Å²) in [4.78, 5) is 19.0. The van der Waals surface area contributed by atoms with Gasteiger partial charge in [0.2, 0.25) is 5.88 Å². The molecule has 1 heterocycles. The first-order valence-corrected chi connectivity index (χ1v) is 7.19. The van der Waals surface area contributed by atoms with E-state index in [0.717, 1.165) is 6.29 Å².